The van der Waals surface area contributed by atoms with Crippen LogP contribution in [0.2, 0.25) is 0 Å². The average Bonchev–Trinajstić information content (AvgIpc) is 3.40. The molecule has 0 saturated carbocycles. The second-order valence-corrected chi connectivity index (χ2v) is 8.94. The number of amides is 1. The van der Waals surface area contributed by atoms with Crippen molar-refractivity contribution in [2.75, 3.05) is 54.6 Å². The van der Waals surface area contributed by atoms with Gasteiger partial charge < -0.3 is 19.9 Å². The van der Waals surface area contributed by atoms with Gasteiger partial charge in [-0.1, -0.05) is 0 Å². The highest BCUT2D eigenvalue weighted by molar-refractivity contribution is 6.03. The largest absolute Gasteiger partial charge is 0.377 e. The molecule has 1 fully saturated rings. The van der Waals surface area contributed by atoms with Gasteiger partial charge in [-0.3, -0.25) is 14.5 Å². The first-order valence-electron chi connectivity index (χ1n) is 12.4. The van der Waals surface area contributed by atoms with E-state index >= 15 is 0 Å². The number of piperazine rings is 1. The summed E-state index contributed by atoms with van der Waals surface area (Å²) < 4.78 is 33.2. The Morgan fingerprint density at radius 2 is 1.90 bits per heavy atom. The molecule has 5 heterocycles. The lowest BCUT2D eigenvalue weighted by Crippen LogP contribution is -2.56. The molecule has 4 aromatic rings. The number of rotatable bonds is 9. The van der Waals surface area contributed by atoms with Crippen LogP contribution in [0.4, 0.5) is 26.2 Å². The molecule has 39 heavy (non-hydrogen) atoms. The number of carbonyl (C=O) groups excluding carboxylic acids is 1. The van der Waals surface area contributed by atoms with Gasteiger partial charge in [-0.2, -0.15) is 5.10 Å². The number of pyridine rings is 2. The molecular weight excluding hydrogens is 508 g/mol. The third-order valence-corrected chi connectivity index (χ3v) is 6.25. The Morgan fingerprint density at radius 3 is 2.56 bits per heavy atom. The summed E-state index contributed by atoms with van der Waals surface area (Å²) in [5.74, 6) is 0.780. The van der Waals surface area contributed by atoms with Gasteiger partial charge in [0.05, 0.1) is 55.3 Å². The number of hydrogen-bond donors (Lipinski definition) is 1. The monoisotopic (exact) mass is 535 g/mol. The van der Waals surface area contributed by atoms with Gasteiger partial charge in [-0.05, 0) is 24.3 Å². The first-order valence-corrected chi connectivity index (χ1v) is 12.4. The number of anilines is 3. The van der Waals surface area contributed by atoms with Gasteiger partial charge in [0.25, 0.3) is 5.91 Å². The molecule has 0 radical (unpaired) electrons. The van der Waals surface area contributed by atoms with Gasteiger partial charge in [0.2, 0.25) is 0 Å². The summed E-state index contributed by atoms with van der Waals surface area (Å²) >= 11 is 0. The number of nitrogens with one attached hydrogen (secondary N) is 1. The number of ether oxygens (including phenoxy) is 1. The molecule has 13 heteroatoms. The van der Waals surface area contributed by atoms with E-state index < -0.39 is 12.5 Å². The number of hydrogen-bond acceptors (Lipinski definition) is 9. The third kappa shape index (κ3) is 6.32. The summed E-state index contributed by atoms with van der Waals surface area (Å²) in [7, 11) is 1.82. The summed E-state index contributed by atoms with van der Waals surface area (Å²) in [4.78, 5) is 34.1. The van der Waals surface area contributed by atoms with E-state index in [2.05, 4.69) is 30.4 Å². The van der Waals surface area contributed by atoms with Crippen LogP contribution >= 0.6 is 0 Å². The number of halogens is 2. The predicted octanol–water partition coefficient (Wildman–Crippen LogP) is 2.74. The molecule has 0 aromatic carbocycles. The molecular formula is C26H27F2N9O2. The Balaban J connectivity index is 1.22. The highest BCUT2D eigenvalue weighted by Gasteiger charge is 2.29. The van der Waals surface area contributed by atoms with E-state index in [9.17, 15) is 13.6 Å². The molecule has 1 N–H and O–H groups in total. The normalized spacial score (nSPS) is 15.4. The van der Waals surface area contributed by atoms with E-state index in [0.29, 0.717) is 48.3 Å². The molecule has 0 bridgehead atoms. The molecule has 1 saturated heterocycles. The quantitative estimate of drug-likeness (QED) is 0.323. The number of carbonyl (C=O) groups is 1. The maximum Gasteiger partial charge on any atom is 0.258 e. The maximum absolute atomic E-state index is 13.4. The molecule has 11 nitrogen and oxygen atoms in total. The average molecular weight is 536 g/mol. The minimum atomic E-state index is -0.575. The van der Waals surface area contributed by atoms with Crippen LogP contribution in [-0.4, -0.2) is 81.2 Å². The molecule has 1 atom stereocenters. The topological polar surface area (TPSA) is 114 Å². The SMILES string of the molecule is Cn1cc(-c2ccc(C(=O)Nc3cnc(N4CCN(c5ccc(F)cn5)[C@@H](COCCF)C4)cn3)cn2)cn1. The molecule has 5 rings (SSSR count). The smallest absolute Gasteiger partial charge is 0.258 e. The van der Waals surface area contributed by atoms with Crippen LogP contribution in [-0.2, 0) is 11.8 Å². The fourth-order valence-electron chi connectivity index (χ4n) is 4.31. The van der Waals surface area contributed by atoms with Crippen LogP contribution < -0.4 is 15.1 Å². The van der Waals surface area contributed by atoms with Gasteiger partial charge >= 0.3 is 0 Å². The van der Waals surface area contributed by atoms with Crippen molar-refractivity contribution < 1.29 is 18.3 Å². The number of aromatic nitrogens is 6. The van der Waals surface area contributed by atoms with Crippen LogP contribution in [0.25, 0.3) is 11.3 Å². The summed E-state index contributed by atoms with van der Waals surface area (Å²) in [6, 6.07) is 6.26. The van der Waals surface area contributed by atoms with Gasteiger partial charge in [0.1, 0.15) is 24.1 Å². The van der Waals surface area contributed by atoms with Crippen LogP contribution in [0.1, 0.15) is 10.4 Å². The summed E-state index contributed by atoms with van der Waals surface area (Å²) in [5, 5.41) is 6.87. The van der Waals surface area contributed by atoms with E-state index in [1.807, 2.05) is 23.0 Å². The molecule has 4 aromatic heterocycles. The Hall–Kier alpha value is -4.52. The predicted molar refractivity (Wildman–Crippen MR) is 141 cm³/mol. The van der Waals surface area contributed by atoms with Gasteiger partial charge in [-0.15, -0.1) is 0 Å². The van der Waals surface area contributed by atoms with Crippen molar-refractivity contribution in [3.05, 3.63) is 72.8 Å². The molecule has 0 aliphatic carbocycles. The van der Waals surface area contributed by atoms with E-state index in [-0.39, 0.29) is 25.2 Å². The standard InChI is InChI=1S/C26H27F2N9O2/c1-35-15-19(11-33-35)22-4-2-18(10-29-22)26(38)34-23-13-32-25(14-30-23)36-7-8-37(21(16-36)17-39-9-6-27)24-5-3-20(28)12-31-24/h2-5,10-15,21H,6-9,16-17H2,1H3,(H,30,34,38)/t21-/m1/s1. The minimum absolute atomic E-state index is 0.00288. The van der Waals surface area contributed by atoms with Crippen molar-refractivity contribution in [1.29, 1.82) is 0 Å². The Bertz CT molecular complexity index is 1380. The molecule has 1 aliphatic rings. The van der Waals surface area contributed by atoms with E-state index in [0.717, 1.165) is 5.56 Å². The van der Waals surface area contributed by atoms with Crippen molar-refractivity contribution in [3.8, 4) is 11.3 Å². The lowest BCUT2D eigenvalue weighted by atomic mass is 10.1. The molecule has 1 aliphatic heterocycles. The zero-order chi connectivity index (χ0) is 27.2. The van der Waals surface area contributed by atoms with Crippen molar-refractivity contribution >= 4 is 23.4 Å². The maximum atomic E-state index is 13.4. The van der Waals surface area contributed by atoms with E-state index in [1.165, 1.54) is 24.7 Å². The second-order valence-electron chi connectivity index (χ2n) is 8.94. The highest BCUT2D eigenvalue weighted by Crippen LogP contribution is 2.23. The van der Waals surface area contributed by atoms with E-state index in [4.69, 9.17) is 4.74 Å². The van der Waals surface area contributed by atoms with E-state index in [1.54, 1.807) is 35.3 Å². The molecule has 202 valence electrons. The van der Waals surface area contributed by atoms with Crippen molar-refractivity contribution in [2.45, 2.75) is 6.04 Å². The van der Waals surface area contributed by atoms with Gasteiger partial charge in [-0.25, -0.2) is 23.7 Å². The first-order chi connectivity index (χ1) is 19.0. The molecule has 1 amide bonds. The van der Waals surface area contributed by atoms with Crippen LogP contribution in [0.5, 0.6) is 0 Å². The highest BCUT2D eigenvalue weighted by atomic mass is 19.1. The summed E-state index contributed by atoms with van der Waals surface area (Å²) in [5.41, 5.74) is 1.96. The minimum Gasteiger partial charge on any atom is -0.377 e. The molecule has 0 unspecified atom stereocenters. The van der Waals surface area contributed by atoms with Crippen LogP contribution in [0.3, 0.4) is 0 Å². The van der Waals surface area contributed by atoms with Crippen molar-refractivity contribution in [1.82, 2.24) is 29.7 Å². The Kier molecular flexibility index (Phi) is 7.96. The van der Waals surface area contributed by atoms with Crippen LogP contribution in [0, 0.1) is 5.82 Å². The zero-order valence-corrected chi connectivity index (χ0v) is 21.2. The lowest BCUT2D eigenvalue weighted by Gasteiger charge is -2.42. The summed E-state index contributed by atoms with van der Waals surface area (Å²) in [6.07, 6.45) is 9.30. The van der Waals surface area contributed by atoms with Crippen LogP contribution in [0.15, 0.2) is 61.4 Å². The first kappa shape index (κ1) is 26.1. The van der Waals surface area contributed by atoms with Crippen molar-refractivity contribution in [3.63, 3.8) is 0 Å². The number of alkyl halides is 1. The second kappa shape index (κ2) is 11.9. The lowest BCUT2D eigenvalue weighted by molar-refractivity contribution is 0.102. The Labute approximate surface area is 223 Å². The van der Waals surface area contributed by atoms with Crippen molar-refractivity contribution in [2.24, 2.45) is 7.05 Å². The summed E-state index contributed by atoms with van der Waals surface area (Å²) in [6.45, 7) is 1.39. The van der Waals surface area contributed by atoms with Gasteiger partial charge in [0, 0.05) is 44.6 Å². The molecule has 0 spiro atoms. The zero-order valence-electron chi connectivity index (χ0n) is 21.2. The number of nitrogens with zero attached hydrogens (tertiary/aromatic N) is 8. The third-order valence-electron chi connectivity index (χ3n) is 6.25. The Morgan fingerprint density at radius 1 is 1.03 bits per heavy atom. The fourth-order valence-corrected chi connectivity index (χ4v) is 4.31. The number of aryl methyl sites for hydroxylation is 1. The fraction of sp³-hybridized carbons (Fsp3) is 0.308. The van der Waals surface area contributed by atoms with Gasteiger partial charge in [0.15, 0.2) is 5.82 Å².